The monoisotopic (exact) mass is 202 g/mol. The first kappa shape index (κ1) is 15.4. The van der Waals surface area contributed by atoms with E-state index >= 15 is 0 Å². The van der Waals surface area contributed by atoms with Gasteiger partial charge in [0.2, 0.25) is 11.8 Å². The number of rotatable bonds is 4. The molecule has 0 aliphatic carbocycles. The molecule has 0 saturated heterocycles. The van der Waals surface area contributed by atoms with Crippen molar-refractivity contribution < 1.29 is 9.59 Å². The number of carbonyl (C=O) groups excluding carboxylic acids is 2. The van der Waals surface area contributed by atoms with Crippen LogP contribution in [0.2, 0.25) is 0 Å². The lowest BCUT2D eigenvalue weighted by atomic mass is 10.4. The zero-order chi connectivity index (χ0) is 11.6. The van der Waals surface area contributed by atoms with E-state index in [9.17, 15) is 9.59 Å². The Morgan fingerprint density at radius 2 is 1.36 bits per heavy atom. The minimum atomic E-state index is -0.245. The Labute approximate surface area is 86.5 Å². The molecule has 0 saturated carbocycles. The van der Waals surface area contributed by atoms with Crippen LogP contribution in [0.25, 0.3) is 0 Å². The second-order valence-electron chi connectivity index (χ2n) is 2.74. The lowest BCUT2D eigenvalue weighted by Gasteiger charge is -2.16. The molecule has 0 fully saturated rings. The van der Waals surface area contributed by atoms with Gasteiger partial charge in [-0.2, -0.15) is 0 Å². The fourth-order valence-corrected chi connectivity index (χ4v) is 0.800. The average Bonchev–Trinajstić information content (AvgIpc) is 2.20. The maximum atomic E-state index is 10.9. The summed E-state index contributed by atoms with van der Waals surface area (Å²) < 4.78 is 0. The van der Waals surface area contributed by atoms with Crippen LogP contribution >= 0.6 is 0 Å². The summed E-state index contributed by atoms with van der Waals surface area (Å²) in [6.07, 6.45) is 1.07. The van der Waals surface area contributed by atoms with Crippen LogP contribution in [0.3, 0.4) is 0 Å². The summed E-state index contributed by atoms with van der Waals surface area (Å²) in [5, 5.41) is 0. The van der Waals surface area contributed by atoms with Gasteiger partial charge in [0.05, 0.1) is 0 Å². The van der Waals surface area contributed by atoms with Crippen molar-refractivity contribution in [3.63, 3.8) is 0 Å². The molecule has 0 atom stereocenters. The van der Waals surface area contributed by atoms with Crippen molar-refractivity contribution in [1.82, 2.24) is 4.90 Å². The molecule has 4 heteroatoms. The molecule has 0 aliphatic heterocycles. The molecule has 0 heterocycles. The van der Waals surface area contributed by atoms with Crippen LogP contribution < -0.4 is 5.73 Å². The molecule has 0 aliphatic rings. The molecule has 2 amide bonds. The predicted molar refractivity (Wildman–Crippen MR) is 57.7 cm³/mol. The number of nitrogens with zero attached hydrogens (tertiary/aromatic N) is 1. The molecule has 0 bridgehead atoms. The highest BCUT2D eigenvalue weighted by atomic mass is 16.2. The molecule has 84 valence electrons. The molecular weight excluding hydrogens is 180 g/mol. The van der Waals surface area contributed by atoms with Crippen molar-refractivity contribution in [2.75, 3.05) is 13.1 Å². The first-order valence-electron chi connectivity index (χ1n) is 5.09. The van der Waals surface area contributed by atoms with Gasteiger partial charge in [-0.3, -0.25) is 9.59 Å². The van der Waals surface area contributed by atoms with E-state index in [1.54, 1.807) is 6.92 Å². The van der Waals surface area contributed by atoms with Crippen molar-refractivity contribution in [2.24, 2.45) is 5.73 Å². The molecule has 0 radical (unpaired) electrons. The summed E-state index contributed by atoms with van der Waals surface area (Å²) in [5.41, 5.74) is 4.65. The molecule has 0 unspecified atom stereocenters. The lowest BCUT2D eigenvalue weighted by molar-refractivity contribution is -0.130. The van der Waals surface area contributed by atoms with Gasteiger partial charge in [0.15, 0.2) is 0 Å². The number of nitrogens with two attached hydrogens (primary N) is 1. The van der Waals surface area contributed by atoms with Crippen LogP contribution in [0.15, 0.2) is 0 Å². The molecule has 0 spiro atoms. The van der Waals surface area contributed by atoms with E-state index in [1.807, 2.05) is 25.7 Å². The molecule has 0 aromatic rings. The Balaban J connectivity index is 0. The van der Waals surface area contributed by atoms with Gasteiger partial charge in [-0.25, -0.2) is 0 Å². The predicted octanol–water partition coefficient (Wildman–Crippen LogP) is 1.15. The largest absolute Gasteiger partial charge is 0.370 e. The minimum Gasteiger partial charge on any atom is -0.370 e. The molecule has 0 aromatic heterocycles. The van der Waals surface area contributed by atoms with Gasteiger partial charge in [-0.15, -0.1) is 0 Å². The van der Waals surface area contributed by atoms with Gasteiger partial charge < -0.3 is 10.6 Å². The summed E-state index contributed by atoms with van der Waals surface area (Å²) in [5.74, 6) is 0.00463. The highest BCUT2D eigenvalue weighted by molar-refractivity contribution is 5.75. The van der Waals surface area contributed by atoms with Crippen LogP contribution in [0.4, 0.5) is 0 Å². The number of carbonyl (C=O) groups is 2. The molecule has 4 nitrogen and oxygen atoms in total. The summed E-state index contributed by atoms with van der Waals surface area (Å²) in [6, 6.07) is 0. The van der Waals surface area contributed by atoms with Crippen molar-refractivity contribution in [3.8, 4) is 0 Å². The van der Waals surface area contributed by atoms with Crippen molar-refractivity contribution in [2.45, 2.75) is 40.5 Å². The Morgan fingerprint density at radius 3 is 1.43 bits per heavy atom. The first-order valence-corrected chi connectivity index (χ1v) is 5.09. The van der Waals surface area contributed by atoms with Crippen LogP contribution in [0, 0.1) is 0 Å². The summed E-state index contributed by atoms with van der Waals surface area (Å²) >= 11 is 0. The maximum Gasteiger partial charge on any atom is 0.222 e. The fourth-order valence-electron chi connectivity index (χ4n) is 0.800. The van der Waals surface area contributed by atoms with Gasteiger partial charge in [0.25, 0.3) is 0 Å². The average molecular weight is 202 g/mol. The number of primary amides is 1. The van der Waals surface area contributed by atoms with Gasteiger partial charge in [-0.05, 0) is 13.8 Å². The van der Waals surface area contributed by atoms with Crippen molar-refractivity contribution in [3.05, 3.63) is 0 Å². The molecule has 0 aromatic carbocycles. The van der Waals surface area contributed by atoms with Crippen LogP contribution in [0.1, 0.15) is 40.5 Å². The standard InChI is InChI=1S/C7H15NO.C3H7NO/c1-4-7(9)8(5-2)6-3;1-2-3(4)5/h4-6H2,1-3H3;2H2,1H3,(H2,4,5). The highest BCUT2D eigenvalue weighted by Gasteiger charge is 2.03. The van der Waals surface area contributed by atoms with E-state index < -0.39 is 0 Å². The Bertz CT molecular complexity index is 166. The summed E-state index contributed by atoms with van der Waals surface area (Å²) in [7, 11) is 0. The third kappa shape index (κ3) is 9.03. The third-order valence-corrected chi connectivity index (χ3v) is 1.77. The number of hydrogen-bond donors (Lipinski definition) is 1. The second kappa shape index (κ2) is 10.0. The smallest absolute Gasteiger partial charge is 0.222 e. The van der Waals surface area contributed by atoms with Gasteiger partial charge in [0.1, 0.15) is 0 Å². The van der Waals surface area contributed by atoms with Crippen molar-refractivity contribution in [1.29, 1.82) is 0 Å². The van der Waals surface area contributed by atoms with E-state index in [0.29, 0.717) is 12.8 Å². The Kier molecular flexibility index (Phi) is 11.0. The van der Waals surface area contributed by atoms with Crippen LogP contribution in [-0.4, -0.2) is 29.8 Å². The maximum absolute atomic E-state index is 10.9. The summed E-state index contributed by atoms with van der Waals surface area (Å²) in [4.78, 5) is 22.3. The number of hydrogen-bond acceptors (Lipinski definition) is 2. The normalized spacial score (nSPS) is 8.57. The van der Waals surface area contributed by atoms with Gasteiger partial charge in [0, 0.05) is 25.9 Å². The quantitative estimate of drug-likeness (QED) is 0.743. The molecule has 2 N–H and O–H groups in total. The minimum absolute atomic E-state index is 0.245. The third-order valence-electron chi connectivity index (χ3n) is 1.77. The van der Waals surface area contributed by atoms with E-state index in [1.165, 1.54) is 0 Å². The highest BCUT2D eigenvalue weighted by Crippen LogP contribution is 1.91. The van der Waals surface area contributed by atoms with Crippen LogP contribution in [0.5, 0.6) is 0 Å². The molecular formula is C10H22N2O2. The SMILES string of the molecule is CCC(=O)N(CC)CC.CCC(N)=O. The van der Waals surface area contributed by atoms with Crippen LogP contribution in [-0.2, 0) is 9.59 Å². The van der Waals surface area contributed by atoms with E-state index in [4.69, 9.17) is 0 Å². The first-order chi connectivity index (χ1) is 6.53. The van der Waals surface area contributed by atoms with E-state index in [-0.39, 0.29) is 11.8 Å². The Morgan fingerprint density at radius 1 is 1.00 bits per heavy atom. The second-order valence-corrected chi connectivity index (χ2v) is 2.74. The van der Waals surface area contributed by atoms with Gasteiger partial charge in [-0.1, -0.05) is 13.8 Å². The lowest BCUT2D eigenvalue weighted by Crippen LogP contribution is -2.29. The topological polar surface area (TPSA) is 63.4 Å². The van der Waals surface area contributed by atoms with Gasteiger partial charge >= 0.3 is 0 Å². The molecule has 0 rings (SSSR count). The Hall–Kier alpha value is -1.06. The zero-order valence-corrected chi connectivity index (χ0v) is 9.67. The van der Waals surface area contributed by atoms with Crippen molar-refractivity contribution >= 4 is 11.8 Å². The number of amides is 2. The zero-order valence-electron chi connectivity index (χ0n) is 9.67. The van der Waals surface area contributed by atoms with E-state index in [0.717, 1.165) is 13.1 Å². The van der Waals surface area contributed by atoms with E-state index in [2.05, 4.69) is 5.73 Å². The fraction of sp³-hybridized carbons (Fsp3) is 0.800. The molecule has 14 heavy (non-hydrogen) atoms. The summed E-state index contributed by atoms with van der Waals surface area (Å²) in [6.45, 7) is 9.28.